The molecule has 0 spiro atoms. The molecule has 13 heavy (non-hydrogen) atoms. The van der Waals surface area contributed by atoms with Gasteiger partial charge in [0.1, 0.15) is 0 Å². The Balaban J connectivity index is -0.0000000600. The van der Waals surface area contributed by atoms with Crippen LogP contribution in [0.15, 0.2) is 0 Å². The minimum absolute atomic E-state index is 0. The number of halogens is 3. The molecule has 0 aromatic carbocycles. The Hall–Kier alpha value is -0.231. The first-order chi connectivity index (χ1) is 4.68. The average Bonchev–Trinajstić information content (AvgIpc) is 1.59. The average molecular weight is 301 g/mol. The van der Waals surface area contributed by atoms with E-state index in [-0.39, 0.29) is 34.1 Å². The molecule has 0 aromatic rings. The third-order valence-corrected chi connectivity index (χ3v) is 0.243. The van der Waals surface area contributed by atoms with Gasteiger partial charge in [-0.2, -0.15) is 13.2 Å². The molecule has 2 radical (unpaired) electrons. The first-order valence-corrected chi connectivity index (χ1v) is 2.17. The van der Waals surface area contributed by atoms with Crippen molar-refractivity contribution in [2.45, 2.75) is 13.1 Å². The maximum absolute atomic E-state index is 10.6. The SMILES string of the molecule is CC(=O)O.O=C(O)C(F)(F)F.[Cu].[Cu]. The molecule has 0 bridgehead atoms. The predicted octanol–water partition coefficient (Wildman–Crippen LogP) is 0.719. The summed E-state index contributed by atoms with van der Waals surface area (Å²) in [7, 11) is 0. The molecule has 0 unspecified atom stereocenters. The van der Waals surface area contributed by atoms with Gasteiger partial charge in [0.15, 0.2) is 0 Å². The van der Waals surface area contributed by atoms with E-state index in [9.17, 15) is 13.2 Å². The van der Waals surface area contributed by atoms with Gasteiger partial charge in [0.05, 0.1) is 0 Å². The van der Waals surface area contributed by atoms with Crippen molar-refractivity contribution in [1.29, 1.82) is 0 Å². The van der Waals surface area contributed by atoms with Crippen LogP contribution < -0.4 is 0 Å². The molecule has 0 aromatic heterocycles. The van der Waals surface area contributed by atoms with Gasteiger partial charge in [0.25, 0.3) is 5.97 Å². The Bertz CT molecular complexity index is 154. The standard InChI is InChI=1S/C2HF3O2.C2H4O2.2Cu/c3-2(4,5)1(6)7;1-2(3)4;;/h(H,6,7);1H3,(H,3,4);;. The van der Waals surface area contributed by atoms with Crippen molar-refractivity contribution >= 4 is 11.9 Å². The molecule has 0 heterocycles. The minimum atomic E-state index is -5.08. The number of hydrogen-bond acceptors (Lipinski definition) is 2. The largest absolute Gasteiger partial charge is 0.490 e. The second-order valence-electron chi connectivity index (χ2n) is 1.32. The quantitative estimate of drug-likeness (QED) is 0.647. The van der Waals surface area contributed by atoms with Crippen LogP contribution in [0.1, 0.15) is 6.92 Å². The summed E-state index contributed by atoms with van der Waals surface area (Å²) < 4.78 is 31.7. The Morgan fingerprint density at radius 2 is 1.15 bits per heavy atom. The molecule has 0 amide bonds. The predicted molar refractivity (Wildman–Crippen MR) is 27.0 cm³/mol. The zero-order chi connectivity index (χ0) is 9.65. The van der Waals surface area contributed by atoms with Crippen LogP contribution in [0.4, 0.5) is 13.2 Å². The summed E-state index contributed by atoms with van der Waals surface area (Å²) in [6.07, 6.45) is -5.08. The maximum Gasteiger partial charge on any atom is 0.490 e. The molecule has 0 fully saturated rings. The van der Waals surface area contributed by atoms with Crippen LogP contribution >= 0.6 is 0 Å². The van der Waals surface area contributed by atoms with Crippen LogP contribution in [0.25, 0.3) is 0 Å². The van der Waals surface area contributed by atoms with Crippen molar-refractivity contribution in [2.24, 2.45) is 0 Å². The van der Waals surface area contributed by atoms with Crippen molar-refractivity contribution in [1.82, 2.24) is 0 Å². The molecular weight excluding hydrogens is 296 g/mol. The fourth-order valence-corrected chi connectivity index (χ4v) is 0. The molecule has 0 rings (SSSR count). The van der Waals surface area contributed by atoms with Gasteiger partial charge in [0.2, 0.25) is 0 Å². The first-order valence-electron chi connectivity index (χ1n) is 2.17. The van der Waals surface area contributed by atoms with Gasteiger partial charge >= 0.3 is 12.1 Å². The topological polar surface area (TPSA) is 74.6 Å². The van der Waals surface area contributed by atoms with Gasteiger partial charge in [0, 0.05) is 41.1 Å². The van der Waals surface area contributed by atoms with E-state index in [2.05, 4.69) is 0 Å². The van der Waals surface area contributed by atoms with Crippen LogP contribution in [0.5, 0.6) is 0 Å². The van der Waals surface area contributed by atoms with Gasteiger partial charge in [-0.1, -0.05) is 0 Å². The van der Waals surface area contributed by atoms with Gasteiger partial charge < -0.3 is 10.2 Å². The number of alkyl halides is 3. The Morgan fingerprint density at radius 3 is 1.15 bits per heavy atom. The summed E-state index contributed by atoms with van der Waals surface area (Å²) >= 11 is 0. The number of carboxylic acid groups (broad SMARTS) is 2. The Labute approximate surface area is 92.4 Å². The van der Waals surface area contributed by atoms with Crippen molar-refractivity contribution in [3.05, 3.63) is 0 Å². The molecular formula is C4H5Cu2F3O4. The maximum atomic E-state index is 10.6. The number of aliphatic carboxylic acids is 2. The third kappa shape index (κ3) is 33.7. The molecule has 9 heteroatoms. The van der Waals surface area contributed by atoms with E-state index in [1.54, 1.807) is 0 Å². The number of hydrogen-bond donors (Lipinski definition) is 2. The normalized spacial score (nSPS) is 8.00. The van der Waals surface area contributed by atoms with E-state index in [0.29, 0.717) is 0 Å². The summed E-state index contributed by atoms with van der Waals surface area (Å²) in [6, 6.07) is 0. The summed E-state index contributed by atoms with van der Waals surface area (Å²) in [5.74, 6) is -3.59. The smallest absolute Gasteiger partial charge is 0.481 e. The van der Waals surface area contributed by atoms with E-state index in [4.69, 9.17) is 19.8 Å². The van der Waals surface area contributed by atoms with Crippen molar-refractivity contribution in [2.75, 3.05) is 0 Å². The van der Waals surface area contributed by atoms with Crippen molar-refractivity contribution < 1.29 is 67.1 Å². The molecule has 0 aliphatic rings. The summed E-state index contributed by atoms with van der Waals surface area (Å²) in [5.41, 5.74) is 0. The van der Waals surface area contributed by atoms with Crippen molar-refractivity contribution in [3.8, 4) is 0 Å². The van der Waals surface area contributed by atoms with Gasteiger partial charge in [-0.05, 0) is 0 Å². The Kier molecular flexibility index (Phi) is 17.4. The molecule has 0 saturated heterocycles. The molecule has 88 valence electrons. The molecule has 4 nitrogen and oxygen atoms in total. The van der Waals surface area contributed by atoms with Crippen molar-refractivity contribution in [3.63, 3.8) is 0 Å². The van der Waals surface area contributed by atoms with Crippen LogP contribution in [0, 0.1) is 0 Å². The zero-order valence-corrected chi connectivity index (χ0v) is 7.83. The van der Waals surface area contributed by atoms with E-state index in [1.165, 1.54) is 0 Å². The van der Waals surface area contributed by atoms with Crippen LogP contribution in [0.3, 0.4) is 0 Å². The monoisotopic (exact) mass is 300 g/mol. The number of carbonyl (C=O) groups is 2. The number of carboxylic acids is 2. The first kappa shape index (κ1) is 23.0. The Morgan fingerprint density at radius 1 is 1.08 bits per heavy atom. The third-order valence-electron chi connectivity index (χ3n) is 0.243. The molecule has 0 saturated carbocycles. The molecule has 0 aliphatic carbocycles. The molecule has 0 atom stereocenters. The zero-order valence-electron chi connectivity index (χ0n) is 5.95. The van der Waals surface area contributed by atoms with E-state index >= 15 is 0 Å². The van der Waals surface area contributed by atoms with Crippen LogP contribution in [-0.2, 0) is 43.7 Å². The fraction of sp³-hybridized carbons (Fsp3) is 0.500. The minimum Gasteiger partial charge on any atom is -0.481 e. The number of rotatable bonds is 0. The van der Waals surface area contributed by atoms with Gasteiger partial charge in [-0.25, -0.2) is 4.79 Å². The van der Waals surface area contributed by atoms with Gasteiger partial charge in [-0.3, -0.25) is 4.79 Å². The summed E-state index contributed by atoms with van der Waals surface area (Å²) in [6.45, 7) is 1.08. The molecule has 2 N–H and O–H groups in total. The molecule has 0 aliphatic heterocycles. The second-order valence-corrected chi connectivity index (χ2v) is 1.32. The van der Waals surface area contributed by atoms with Crippen LogP contribution in [0.2, 0.25) is 0 Å². The van der Waals surface area contributed by atoms with E-state index in [1.807, 2.05) is 0 Å². The van der Waals surface area contributed by atoms with E-state index in [0.717, 1.165) is 6.92 Å². The summed E-state index contributed by atoms with van der Waals surface area (Å²) in [5, 5.41) is 14.5. The second kappa shape index (κ2) is 9.85. The van der Waals surface area contributed by atoms with Gasteiger partial charge in [-0.15, -0.1) is 0 Å². The van der Waals surface area contributed by atoms with Crippen LogP contribution in [-0.4, -0.2) is 28.3 Å². The fourth-order valence-electron chi connectivity index (χ4n) is 0. The summed E-state index contributed by atoms with van der Waals surface area (Å²) in [4.78, 5) is 17.9. The van der Waals surface area contributed by atoms with E-state index < -0.39 is 18.1 Å².